The van der Waals surface area contributed by atoms with Crippen molar-refractivity contribution in [3.63, 3.8) is 0 Å². The van der Waals surface area contributed by atoms with Gasteiger partial charge in [0.05, 0.1) is 13.4 Å². The van der Waals surface area contributed by atoms with Crippen LogP contribution in [0.3, 0.4) is 0 Å². The molecule has 1 rings (SSSR count). The summed E-state index contributed by atoms with van der Waals surface area (Å²) in [7, 11) is 2.89. The van der Waals surface area contributed by atoms with E-state index >= 15 is 0 Å². The number of hydrogen-bond acceptors (Lipinski definition) is 7. The summed E-state index contributed by atoms with van der Waals surface area (Å²) in [6.45, 7) is 3.14. The maximum Gasteiger partial charge on any atom is 0.345 e. The van der Waals surface area contributed by atoms with Crippen molar-refractivity contribution in [3.05, 3.63) is 30.0 Å². The summed E-state index contributed by atoms with van der Waals surface area (Å²) >= 11 is 0. The van der Waals surface area contributed by atoms with Crippen molar-refractivity contribution in [1.82, 2.24) is 4.98 Å². The van der Waals surface area contributed by atoms with Crippen LogP contribution in [0.15, 0.2) is 35.0 Å². The number of aliphatic hydroxyl groups excluding tert-OH is 1. The SMILES string of the molecule is COc1cccc(N=CC(=CO)C(=O)OC(C)(C)OC)n1. The number of nitrogens with zero attached hydrogens (tertiary/aromatic N) is 2. The Morgan fingerprint density at radius 3 is 2.67 bits per heavy atom. The molecule has 0 fully saturated rings. The Hall–Kier alpha value is -2.41. The Labute approximate surface area is 122 Å². The van der Waals surface area contributed by atoms with E-state index in [0.29, 0.717) is 18.0 Å². The number of carbonyl (C=O) groups excluding carboxylic acids is 1. The largest absolute Gasteiger partial charge is 0.515 e. The summed E-state index contributed by atoms with van der Waals surface area (Å²) < 4.78 is 15.0. The molecule has 0 aliphatic rings. The number of methoxy groups -OCH3 is 2. The molecule has 1 aromatic rings. The highest BCUT2D eigenvalue weighted by atomic mass is 16.7. The number of esters is 1. The van der Waals surface area contributed by atoms with Crippen LogP contribution in [0.1, 0.15) is 13.8 Å². The number of pyridine rings is 1. The van der Waals surface area contributed by atoms with Gasteiger partial charge < -0.3 is 19.3 Å². The molecular formula is C14H18N2O5. The fraction of sp³-hybridized carbons (Fsp3) is 0.357. The molecular weight excluding hydrogens is 276 g/mol. The van der Waals surface area contributed by atoms with Gasteiger partial charge in [-0.2, -0.15) is 4.98 Å². The molecule has 1 heterocycles. The molecule has 114 valence electrons. The predicted molar refractivity (Wildman–Crippen MR) is 76.8 cm³/mol. The zero-order valence-electron chi connectivity index (χ0n) is 12.4. The van der Waals surface area contributed by atoms with Crippen LogP contribution in [0.5, 0.6) is 5.88 Å². The van der Waals surface area contributed by atoms with E-state index in [2.05, 4.69) is 9.98 Å². The Balaban J connectivity index is 2.82. The smallest absolute Gasteiger partial charge is 0.345 e. The molecule has 0 aliphatic heterocycles. The second-order valence-corrected chi connectivity index (χ2v) is 4.37. The molecule has 0 saturated heterocycles. The van der Waals surface area contributed by atoms with Crippen molar-refractivity contribution in [1.29, 1.82) is 0 Å². The number of aliphatic hydroxyl groups is 1. The minimum atomic E-state index is -1.10. The minimum Gasteiger partial charge on any atom is -0.515 e. The summed E-state index contributed by atoms with van der Waals surface area (Å²) in [5.41, 5.74) is -0.134. The molecule has 0 radical (unpaired) electrons. The fourth-order valence-electron chi connectivity index (χ4n) is 1.19. The average molecular weight is 294 g/mol. The second kappa shape index (κ2) is 7.39. The van der Waals surface area contributed by atoms with Crippen LogP contribution in [-0.2, 0) is 14.3 Å². The van der Waals surface area contributed by atoms with Crippen molar-refractivity contribution >= 4 is 18.0 Å². The van der Waals surface area contributed by atoms with E-state index in [1.165, 1.54) is 14.2 Å². The Kier molecular flexibility index (Phi) is 5.86. The maximum absolute atomic E-state index is 11.8. The summed E-state index contributed by atoms with van der Waals surface area (Å²) in [4.78, 5) is 19.8. The maximum atomic E-state index is 11.8. The Morgan fingerprint density at radius 1 is 1.38 bits per heavy atom. The van der Waals surface area contributed by atoms with E-state index in [1.807, 2.05) is 0 Å². The Morgan fingerprint density at radius 2 is 2.10 bits per heavy atom. The van der Waals surface area contributed by atoms with E-state index in [1.54, 1.807) is 32.0 Å². The molecule has 0 aromatic carbocycles. The topological polar surface area (TPSA) is 90.2 Å². The molecule has 0 saturated carbocycles. The van der Waals surface area contributed by atoms with Crippen LogP contribution in [0, 0.1) is 0 Å². The lowest BCUT2D eigenvalue weighted by atomic mass is 10.3. The zero-order valence-corrected chi connectivity index (χ0v) is 12.4. The van der Waals surface area contributed by atoms with Gasteiger partial charge in [0.25, 0.3) is 0 Å². The lowest BCUT2D eigenvalue weighted by molar-refractivity contribution is -0.201. The van der Waals surface area contributed by atoms with Crippen molar-refractivity contribution in [3.8, 4) is 5.88 Å². The molecule has 1 N–H and O–H groups in total. The number of aliphatic imine (C=N–C) groups is 1. The van der Waals surface area contributed by atoms with E-state index in [4.69, 9.17) is 19.3 Å². The second-order valence-electron chi connectivity index (χ2n) is 4.37. The number of aromatic nitrogens is 1. The van der Waals surface area contributed by atoms with Crippen LogP contribution in [0.4, 0.5) is 5.82 Å². The van der Waals surface area contributed by atoms with Crippen molar-refractivity contribution in [2.75, 3.05) is 14.2 Å². The summed E-state index contributed by atoms with van der Waals surface area (Å²) in [5, 5.41) is 9.10. The highest BCUT2D eigenvalue weighted by molar-refractivity contribution is 6.09. The van der Waals surface area contributed by atoms with Crippen molar-refractivity contribution in [2.45, 2.75) is 19.6 Å². The van der Waals surface area contributed by atoms with Gasteiger partial charge in [-0.05, 0) is 6.07 Å². The number of rotatable bonds is 6. The lowest BCUT2D eigenvalue weighted by Gasteiger charge is -2.22. The Bertz CT molecular complexity index is 552. The van der Waals surface area contributed by atoms with Crippen LogP contribution in [0.2, 0.25) is 0 Å². The van der Waals surface area contributed by atoms with Gasteiger partial charge in [-0.15, -0.1) is 0 Å². The molecule has 1 aromatic heterocycles. The number of ether oxygens (including phenoxy) is 3. The predicted octanol–water partition coefficient (Wildman–Crippen LogP) is 2.16. The van der Waals surface area contributed by atoms with Crippen LogP contribution in [0.25, 0.3) is 0 Å². The first-order valence-electron chi connectivity index (χ1n) is 6.10. The van der Waals surface area contributed by atoms with Gasteiger partial charge in [0.15, 0.2) is 5.82 Å². The van der Waals surface area contributed by atoms with Gasteiger partial charge in [0.2, 0.25) is 11.7 Å². The molecule has 0 aliphatic carbocycles. The molecule has 0 bridgehead atoms. The molecule has 21 heavy (non-hydrogen) atoms. The zero-order chi connectivity index (χ0) is 15.9. The molecule has 0 spiro atoms. The van der Waals surface area contributed by atoms with Gasteiger partial charge in [-0.1, -0.05) is 6.07 Å². The van der Waals surface area contributed by atoms with E-state index in [9.17, 15) is 4.79 Å². The summed E-state index contributed by atoms with van der Waals surface area (Å²) in [5.74, 6) is -1.15. The molecule has 7 nitrogen and oxygen atoms in total. The average Bonchev–Trinajstić information content (AvgIpc) is 2.47. The number of carbonyl (C=O) groups is 1. The van der Waals surface area contributed by atoms with Gasteiger partial charge in [0.1, 0.15) is 5.57 Å². The van der Waals surface area contributed by atoms with Crippen molar-refractivity contribution in [2.24, 2.45) is 4.99 Å². The molecule has 0 amide bonds. The molecule has 7 heteroatoms. The van der Waals surface area contributed by atoms with Crippen LogP contribution in [-0.4, -0.2) is 42.3 Å². The van der Waals surface area contributed by atoms with Crippen LogP contribution >= 0.6 is 0 Å². The first-order valence-corrected chi connectivity index (χ1v) is 6.10. The monoisotopic (exact) mass is 294 g/mol. The molecule has 0 atom stereocenters. The third-order valence-electron chi connectivity index (χ3n) is 2.46. The van der Waals surface area contributed by atoms with Gasteiger partial charge >= 0.3 is 5.97 Å². The fourth-order valence-corrected chi connectivity index (χ4v) is 1.19. The van der Waals surface area contributed by atoms with Gasteiger partial charge in [-0.25, -0.2) is 9.79 Å². The third kappa shape index (κ3) is 5.23. The molecule has 0 unspecified atom stereocenters. The minimum absolute atomic E-state index is 0.134. The first kappa shape index (κ1) is 16.6. The highest BCUT2D eigenvalue weighted by Gasteiger charge is 2.23. The first-order chi connectivity index (χ1) is 9.91. The standard InChI is InChI=1S/C14H18N2O5/c1-14(2,20-4)21-13(18)10(9-17)8-15-11-6-5-7-12(16-11)19-3/h5-9,17H,1-4H3. The van der Waals surface area contributed by atoms with E-state index in [-0.39, 0.29) is 5.57 Å². The third-order valence-corrected chi connectivity index (χ3v) is 2.46. The van der Waals surface area contributed by atoms with Crippen molar-refractivity contribution < 1.29 is 24.1 Å². The number of hydrogen-bond donors (Lipinski definition) is 1. The highest BCUT2D eigenvalue weighted by Crippen LogP contribution is 2.15. The normalized spacial score (nSPS) is 12.5. The van der Waals surface area contributed by atoms with E-state index in [0.717, 1.165) is 6.21 Å². The summed E-state index contributed by atoms with van der Waals surface area (Å²) in [6, 6.07) is 4.99. The lowest BCUT2D eigenvalue weighted by Crippen LogP contribution is -2.30. The van der Waals surface area contributed by atoms with Crippen LogP contribution < -0.4 is 4.74 Å². The van der Waals surface area contributed by atoms with Gasteiger partial charge in [-0.3, -0.25) is 0 Å². The van der Waals surface area contributed by atoms with E-state index < -0.39 is 11.8 Å². The quantitative estimate of drug-likeness (QED) is 0.284. The summed E-state index contributed by atoms with van der Waals surface area (Å²) in [6.07, 6.45) is 1.76. The van der Waals surface area contributed by atoms with Gasteiger partial charge in [0, 0.05) is 33.2 Å².